The molecule has 0 amide bonds. The van der Waals surface area contributed by atoms with Gasteiger partial charge in [-0.25, -0.2) is 4.72 Å². The SMILES string of the molecule is CN1CCCC1CNS(=O)(=O)N1CCC(CO)CC1. The van der Waals surface area contributed by atoms with Gasteiger partial charge in [0.1, 0.15) is 0 Å². The van der Waals surface area contributed by atoms with Crippen LogP contribution >= 0.6 is 0 Å². The molecule has 2 saturated heterocycles. The smallest absolute Gasteiger partial charge is 0.279 e. The zero-order valence-electron chi connectivity index (χ0n) is 11.6. The van der Waals surface area contributed by atoms with Crippen LogP contribution in [0.2, 0.25) is 0 Å². The lowest BCUT2D eigenvalue weighted by Gasteiger charge is -2.31. The lowest BCUT2D eigenvalue weighted by molar-refractivity contribution is 0.169. The number of aliphatic hydroxyl groups excluding tert-OH is 1. The highest BCUT2D eigenvalue weighted by atomic mass is 32.2. The van der Waals surface area contributed by atoms with Gasteiger partial charge in [0.25, 0.3) is 10.2 Å². The van der Waals surface area contributed by atoms with E-state index in [0.29, 0.717) is 25.7 Å². The van der Waals surface area contributed by atoms with Crippen molar-refractivity contribution in [3.8, 4) is 0 Å². The van der Waals surface area contributed by atoms with E-state index in [1.807, 2.05) is 7.05 Å². The molecular weight excluding hydrogens is 266 g/mol. The van der Waals surface area contributed by atoms with E-state index < -0.39 is 10.2 Å². The second-order valence-corrected chi connectivity index (χ2v) is 7.41. The predicted octanol–water partition coefficient (Wildman–Crippen LogP) is -0.381. The van der Waals surface area contributed by atoms with Gasteiger partial charge in [0.05, 0.1) is 0 Å². The van der Waals surface area contributed by atoms with E-state index in [1.165, 1.54) is 4.31 Å². The Morgan fingerprint density at radius 2 is 1.89 bits per heavy atom. The van der Waals surface area contributed by atoms with Crippen LogP contribution in [0.5, 0.6) is 0 Å². The predicted molar refractivity (Wildman–Crippen MR) is 74.0 cm³/mol. The summed E-state index contributed by atoms with van der Waals surface area (Å²) >= 11 is 0. The molecule has 2 aliphatic heterocycles. The van der Waals surface area contributed by atoms with Crippen LogP contribution in [0.3, 0.4) is 0 Å². The highest BCUT2D eigenvalue weighted by molar-refractivity contribution is 7.87. The van der Waals surface area contributed by atoms with Crippen molar-refractivity contribution in [2.75, 3.05) is 39.8 Å². The molecule has 0 aliphatic carbocycles. The molecule has 2 fully saturated rings. The van der Waals surface area contributed by atoms with Gasteiger partial charge in [-0.3, -0.25) is 0 Å². The standard InChI is InChI=1S/C12H25N3O3S/c1-14-6-2-3-12(14)9-13-19(17,18)15-7-4-11(10-16)5-8-15/h11-13,16H,2-10H2,1H3. The Balaban J connectivity index is 1.81. The lowest BCUT2D eigenvalue weighted by atomic mass is 10.00. The number of hydrogen-bond donors (Lipinski definition) is 2. The molecule has 1 atom stereocenters. The third-order valence-corrected chi connectivity index (χ3v) is 5.92. The summed E-state index contributed by atoms with van der Waals surface area (Å²) in [6, 6.07) is 0.324. The molecule has 112 valence electrons. The molecular formula is C12H25N3O3S. The molecule has 19 heavy (non-hydrogen) atoms. The lowest BCUT2D eigenvalue weighted by Crippen LogP contribution is -2.48. The fourth-order valence-electron chi connectivity index (χ4n) is 2.86. The van der Waals surface area contributed by atoms with E-state index in [-0.39, 0.29) is 12.5 Å². The van der Waals surface area contributed by atoms with E-state index in [2.05, 4.69) is 9.62 Å². The van der Waals surface area contributed by atoms with E-state index in [4.69, 9.17) is 5.11 Å². The highest BCUT2D eigenvalue weighted by Crippen LogP contribution is 2.19. The van der Waals surface area contributed by atoms with E-state index in [1.54, 1.807) is 0 Å². The fourth-order valence-corrected chi connectivity index (χ4v) is 4.14. The van der Waals surface area contributed by atoms with E-state index in [0.717, 1.165) is 32.2 Å². The summed E-state index contributed by atoms with van der Waals surface area (Å²) in [5.74, 6) is 0.257. The summed E-state index contributed by atoms with van der Waals surface area (Å²) in [6.07, 6.45) is 3.71. The first-order valence-electron chi connectivity index (χ1n) is 7.09. The molecule has 0 aromatic heterocycles. The van der Waals surface area contributed by atoms with Crippen LogP contribution in [-0.2, 0) is 10.2 Å². The number of likely N-dealkylation sites (tertiary alicyclic amines) is 1. The summed E-state index contributed by atoms with van der Waals surface area (Å²) in [5.41, 5.74) is 0. The first-order valence-corrected chi connectivity index (χ1v) is 8.53. The van der Waals surface area contributed by atoms with Crippen molar-refractivity contribution in [3.05, 3.63) is 0 Å². The van der Waals surface area contributed by atoms with Gasteiger partial charge in [-0.15, -0.1) is 0 Å². The molecule has 0 bridgehead atoms. The van der Waals surface area contributed by atoms with Crippen LogP contribution in [0.15, 0.2) is 0 Å². The minimum atomic E-state index is -3.35. The van der Waals surface area contributed by atoms with Gasteiger partial charge >= 0.3 is 0 Å². The Bertz CT molecular complexity index is 380. The Kier molecular flexibility index (Phi) is 5.19. The Hall–Kier alpha value is -0.210. The van der Waals surface area contributed by atoms with Crippen LogP contribution in [0, 0.1) is 5.92 Å². The van der Waals surface area contributed by atoms with E-state index in [9.17, 15) is 8.42 Å². The maximum absolute atomic E-state index is 12.2. The van der Waals surface area contributed by atoms with Crippen LogP contribution in [0.4, 0.5) is 0 Å². The second kappa shape index (κ2) is 6.49. The quantitative estimate of drug-likeness (QED) is 0.724. The topological polar surface area (TPSA) is 72.9 Å². The van der Waals surface area contributed by atoms with Crippen molar-refractivity contribution in [1.82, 2.24) is 13.9 Å². The van der Waals surface area contributed by atoms with Crippen LogP contribution in [0.25, 0.3) is 0 Å². The van der Waals surface area contributed by atoms with Gasteiger partial charge in [-0.2, -0.15) is 12.7 Å². The number of piperidine rings is 1. The summed E-state index contributed by atoms with van der Waals surface area (Å²) < 4.78 is 28.6. The summed E-state index contributed by atoms with van der Waals surface area (Å²) in [5, 5.41) is 9.07. The zero-order chi connectivity index (χ0) is 13.9. The molecule has 0 saturated carbocycles. The zero-order valence-corrected chi connectivity index (χ0v) is 12.4. The number of aliphatic hydroxyl groups is 1. The maximum atomic E-state index is 12.2. The Morgan fingerprint density at radius 3 is 2.42 bits per heavy atom. The fraction of sp³-hybridized carbons (Fsp3) is 1.00. The van der Waals surface area contributed by atoms with Crippen LogP contribution in [-0.4, -0.2) is 68.6 Å². The van der Waals surface area contributed by atoms with Crippen LogP contribution in [0.1, 0.15) is 25.7 Å². The monoisotopic (exact) mass is 291 g/mol. The highest BCUT2D eigenvalue weighted by Gasteiger charge is 2.29. The van der Waals surface area contributed by atoms with Crippen molar-refractivity contribution in [3.63, 3.8) is 0 Å². The largest absolute Gasteiger partial charge is 0.396 e. The van der Waals surface area contributed by atoms with Gasteiger partial charge in [0, 0.05) is 32.3 Å². The molecule has 2 aliphatic rings. The first kappa shape index (κ1) is 15.2. The summed E-state index contributed by atoms with van der Waals surface area (Å²) in [7, 11) is -1.31. The molecule has 0 spiro atoms. The summed E-state index contributed by atoms with van der Waals surface area (Å²) in [6.45, 7) is 2.74. The molecule has 2 rings (SSSR count). The van der Waals surface area contributed by atoms with Crippen molar-refractivity contribution < 1.29 is 13.5 Å². The van der Waals surface area contributed by atoms with Crippen LogP contribution < -0.4 is 4.72 Å². The minimum absolute atomic E-state index is 0.161. The molecule has 0 radical (unpaired) electrons. The molecule has 2 N–H and O–H groups in total. The normalized spacial score (nSPS) is 28.0. The Morgan fingerprint density at radius 1 is 1.21 bits per heavy atom. The van der Waals surface area contributed by atoms with Crippen molar-refractivity contribution in [2.24, 2.45) is 5.92 Å². The van der Waals surface area contributed by atoms with Gasteiger partial charge in [-0.05, 0) is 45.2 Å². The Labute approximate surface area is 116 Å². The molecule has 0 aromatic carbocycles. The van der Waals surface area contributed by atoms with Gasteiger partial charge in [0.2, 0.25) is 0 Å². The molecule has 6 nitrogen and oxygen atoms in total. The second-order valence-electron chi connectivity index (χ2n) is 5.66. The van der Waals surface area contributed by atoms with Crippen molar-refractivity contribution >= 4 is 10.2 Å². The summed E-state index contributed by atoms with van der Waals surface area (Å²) in [4.78, 5) is 2.21. The van der Waals surface area contributed by atoms with E-state index >= 15 is 0 Å². The number of likely N-dealkylation sites (N-methyl/N-ethyl adjacent to an activating group) is 1. The average Bonchev–Trinajstić information content (AvgIpc) is 2.82. The number of rotatable bonds is 5. The van der Waals surface area contributed by atoms with Gasteiger partial charge < -0.3 is 10.0 Å². The minimum Gasteiger partial charge on any atom is -0.396 e. The molecule has 2 heterocycles. The number of nitrogens with one attached hydrogen (secondary N) is 1. The average molecular weight is 291 g/mol. The maximum Gasteiger partial charge on any atom is 0.279 e. The van der Waals surface area contributed by atoms with Gasteiger partial charge in [0.15, 0.2) is 0 Å². The molecule has 7 heteroatoms. The third-order valence-electron chi connectivity index (χ3n) is 4.34. The van der Waals surface area contributed by atoms with Crippen molar-refractivity contribution in [1.29, 1.82) is 0 Å². The number of hydrogen-bond acceptors (Lipinski definition) is 4. The van der Waals surface area contributed by atoms with Gasteiger partial charge in [-0.1, -0.05) is 0 Å². The van der Waals surface area contributed by atoms with Crippen molar-refractivity contribution in [2.45, 2.75) is 31.7 Å². The number of nitrogens with zero attached hydrogens (tertiary/aromatic N) is 2. The molecule has 1 unspecified atom stereocenters. The first-order chi connectivity index (χ1) is 9.03. The third kappa shape index (κ3) is 3.88. The molecule has 0 aromatic rings.